The van der Waals surface area contributed by atoms with Gasteiger partial charge in [-0.3, -0.25) is 4.79 Å². The molecule has 2 rings (SSSR count). The minimum atomic E-state index is -0.949. The number of halogens is 1. The highest BCUT2D eigenvalue weighted by molar-refractivity contribution is 5.93. The maximum Gasteiger partial charge on any atom is 0.228 e. The molecular formula is C19H23FN2O2. The minimum absolute atomic E-state index is 0.0263. The van der Waals surface area contributed by atoms with Gasteiger partial charge >= 0.3 is 0 Å². The zero-order valence-corrected chi connectivity index (χ0v) is 13.9. The van der Waals surface area contributed by atoms with Gasteiger partial charge in [-0.1, -0.05) is 36.4 Å². The van der Waals surface area contributed by atoms with Crippen molar-refractivity contribution in [3.63, 3.8) is 0 Å². The van der Waals surface area contributed by atoms with Crippen molar-refractivity contribution in [3.8, 4) is 0 Å². The van der Waals surface area contributed by atoms with Crippen LogP contribution in [0.2, 0.25) is 0 Å². The average Bonchev–Trinajstić information content (AvgIpc) is 2.60. The zero-order valence-electron chi connectivity index (χ0n) is 13.9. The van der Waals surface area contributed by atoms with Crippen LogP contribution in [0.5, 0.6) is 0 Å². The van der Waals surface area contributed by atoms with Crippen LogP contribution in [0.1, 0.15) is 25.0 Å². The fraction of sp³-hybridized carbons (Fsp3) is 0.316. The van der Waals surface area contributed by atoms with Crippen molar-refractivity contribution in [3.05, 3.63) is 66.0 Å². The summed E-state index contributed by atoms with van der Waals surface area (Å²) < 4.78 is 13.6. The smallest absolute Gasteiger partial charge is 0.228 e. The number of carbonyl (C=O) groups is 1. The highest BCUT2D eigenvalue weighted by Crippen LogP contribution is 2.16. The van der Waals surface area contributed by atoms with E-state index in [0.717, 1.165) is 5.69 Å². The quantitative estimate of drug-likeness (QED) is 0.821. The first-order chi connectivity index (χ1) is 11.5. The first-order valence-electron chi connectivity index (χ1n) is 7.96. The third-order valence-corrected chi connectivity index (χ3v) is 3.92. The Kier molecular flexibility index (Phi) is 6.46. The number of aliphatic hydroxyl groups excluding tert-OH is 1. The van der Waals surface area contributed by atoms with Crippen LogP contribution in [-0.2, 0) is 4.79 Å². The van der Waals surface area contributed by atoms with E-state index in [1.54, 1.807) is 30.1 Å². The number of carbonyl (C=O) groups excluding carboxylic acids is 1. The standard InChI is InChI=1S/C19H23FN2O2/c1-14(12-19(24)22(2)15-8-4-3-5-9-15)21-13-18(23)16-10-6-7-11-17(16)20/h3-11,14,18,21,23H,12-13H2,1-2H3. The van der Waals surface area contributed by atoms with Gasteiger partial charge in [0, 0.05) is 37.3 Å². The molecule has 2 aromatic rings. The Morgan fingerprint density at radius 2 is 1.79 bits per heavy atom. The zero-order chi connectivity index (χ0) is 17.5. The SMILES string of the molecule is CC(CC(=O)N(C)c1ccccc1)NCC(O)c1ccccc1F. The number of nitrogens with one attached hydrogen (secondary N) is 1. The highest BCUT2D eigenvalue weighted by atomic mass is 19.1. The first kappa shape index (κ1) is 18.1. The molecule has 128 valence electrons. The normalized spacial score (nSPS) is 13.3. The Morgan fingerprint density at radius 3 is 2.46 bits per heavy atom. The van der Waals surface area contributed by atoms with Gasteiger partial charge in [-0.15, -0.1) is 0 Å². The second-order valence-corrected chi connectivity index (χ2v) is 5.84. The van der Waals surface area contributed by atoms with E-state index < -0.39 is 11.9 Å². The van der Waals surface area contributed by atoms with Crippen LogP contribution in [0, 0.1) is 5.82 Å². The predicted molar refractivity (Wildman–Crippen MR) is 93.3 cm³/mol. The van der Waals surface area contributed by atoms with Gasteiger partial charge in [-0.25, -0.2) is 4.39 Å². The number of benzene rings is 2. The molecule has 0 fully saturated rings. The van der Waals surface area contributed by atoms with Crippen molar-refractivity contribution < 1.29 is 14.3 Å². The molecule has 2 N–H and O–H groups in total. The summed E-state index contributed by atoms with van der Waals surface area (Å²) in [5, 5.41) is 13.2. The Balaban J connectivity index is 1.83. The lowest BCUT2D eigenvalue weighted by molar-refractivity contribution is -0.118. The van der Waals surface area contributed by atoms with Gasteiger partial charge in [0.05, 0.1) is 6.10 Å². The summed E-state index contributed by atoms with van der Waals surface area (Å²) in [6, 6.07) is 15.4. The van der Waals surface area contributed by atoms with Crippen molar-refractivity contribution in [2.45, 2.75) is 25.5 Å². The van der Waals surface area contributed by atoms with Crippen molar-refractivity contribution in [2.75, 3.05) is 18.5 Å². The van der Waals surface area contributed by atoms with Crippen molar-refractivity contribution in [1.29, 1.82) is 0 Å². The topological polar surface area (TPSA) is 52.6 Å². The Labute approximate surface area is 141 Å². The van der Waals surface area contributed by atoms with E-state index in [9.17, 15) is 14.3 Å². The lowest BCUT2D eigenvalue weighted by Crippen LogP contribution is -2.36. The largest absolute Gasteiger partial charge is 0.387 e. The van der Waals surface area contributed by atoms with Gasteiger partial charge in [0.25, 0.3) is 0 Å². The second kappa shape index (κ2) is 8.57. The van der Waals surface area contributed by atoms with Crippen molar-refractivity contribution in [2.24, 2.45) is 0 Å². The van der Waals surface area contributed by atoms with Crippen LogP contribution in [0.3, 0.4) is 0 Å². The molecule has 0 bridgehead atoms. The molecule has 0 heterocycles. The van der Waals surface area contributed by atoms with Gasteiger partial charge in [0.2, 0.25) is 5.91 Å². The van der Waals surface area contributed by atoms with Gasteiger partial charge < -0.3 is 15.3 Å². The molecule has 0 radical (unpaired) electrons. The first-order valence-corrected chi connectivity index (χ1v) is 7.96. The molecular weight excluding hydrogens is 307 g/mol. The molecule has 4 nitrogen and oxygen atoms in total. The molecule has 2 aromatic carbocycles. The molecule has 0 aliphatic carbocycles. The summed E-state index contributed by atoms with van der Waals surface area (Å²) in [7, 11) is 1.73. The van der Waals surface area contributed by atoms with E-state index in [-0.39, 0.29) is 30.5 Å². The van der Waals surface area contributed by atoms with E-state index in [2.05, 4.69) is 5.32 Å². The van der Waals surface area contributed by atoms with E-state index in [0.29, 0.717) is 0 Å². The summed E-state index contributed by atoms with van der Waals surface area (Å²) in [6.07, 6.45) is -0.661. The summed E-state index contributed by atoms with van der Waals surface area (Å²) in [4.78, 5) is 13.9. The molecule has 0 aliphatic heterocycles. The summed E-state index contributed by atoms with van der Waals surface area (Å²) in [5.41, 5.74) is 1.09. The Bertz CT molecular complexity index is 663. The average molecular weight is 330 g/mol. The van der Waals surface area contributed by atoms with Gasteiger partial charge in [-0.05, 0) is 25.1 Å². The number of rotatable bonds is 7. The van der Waals surface area contributed by atoms with Crippen LogP contribution < -0.4 is 10.2 Å². The molecule has 5 heteroatoms. The molecule has 2 atom stereocenters. The molecule has 0 aromatic heterocycles. The van der Waals surface area contributed by atoms with E-state index >= 15 is 0 Å². The molecule has 24 heavy (non-hydrogen) atoms. The lowest BCUT2D eigenvalue weighted by atomic mass is 10.1. The van der Waals surface area contributed by atoms with Crippen LogP contribution in [-0.4, -0.2) is 30.6 Å². The van der Waals surface area contributed by atoms with E-state index in [1.165, 1.54) is 6.07 Å². The third-order valence-electron chi connectivity index (χ3n) is 3.92. The number of hydrogen-bond acceptors (Lipinski definition) is 3. The number of nitrogens with zero attached hydrogens (tertiary/aromatic N) is 1. The fourth-order valence-electron chi connectivity index (χ4n) is 2.43. The molecule has 0 spiro atoms. The molecule has 0 aliphatic rings. The van der Waals surface area contributed by atoms with Gasteiger partial charge in [-0.2, -0.15) is 0 Å². The maximum atomic E-state index is 13.6. The van der Waals surface area contributed by atoms with Crippen LogP contribution in [0.4, 0.5) is 10.1 Å². The summed E-state index contributed by atoms with van der Waals surface area (Å²) in [5.74, 6) is -0.457. The predicted octanol–water partition coefficient (Wildman–Crippen LogP) is 2.89. The van der Waals surface area contributed by atoms with Crippen LogP contribution in [0.25, 0.3) is 0 Å². The summed E-state index contributed by atoms with van der Waals surface area (Å²) in [6.45, 7) is 2.05. The number of anilines is 1. The maximum absolute atomic E-state index is 13.6. The van der Waals surface area contributed by atoms with Crippen LogP contribution >= 0.6 is 0 Å². The minimum Gasteiger partial charge on any atom is -0.387 e. The number of hydrogen-bond donors (Lipinski definition) is 2. The number of amides is 1. The fourth-order valence-corrected chi connectivity index (χ4v) is 2.43. The second-order valence-electron chi connectivity index (χ2n) is 5.84. The molecule has 2 unspecified atom stereocenters. The lowest BCUT2D eigenvalue weighted by Gasteiger charge is -2.21. The number of para-hydroxylation sites is 1. The van der Waals surface area contributed by atoms with Gasteiger partial charge in [0.1, 0.15) is 5.82 Å². The third kappa shape index (κ3) is 4.88. The molecule has 0 saturated heterocycles. The van der Waals surface area contributed by atoms with Crippen LogP contribution in [0.15, 0.2) is 54.6 Å². The van der Waals surface area contributed by atoms with E-state index in [1.807, 2.05) is 37.3 Å². The van der Waals surface area contributed by atoms with Crippen molar-refractivity contribution in [1.82, 2.24) is 5.32 Å². The van der Waals surface area contributed by atoms with Gasteiger partial charge in [0.15, 0.2) is 0 Å². The van der Waals surface area contributed by atoms with E-state index in [4.69, 9.17) is 0 Å². The highest BCUT2D eigenvalue weighted by Gasteiger charge is 2.17. The van der Waals surface area contributed by atoms with Crippen molar-refractivity contribution >= 4 is 11.6 Å². The Hall–Kier alpha value is -2.24. The molecule has 0 saturated carbocycles. The molecule has 1 amide bonds. The summed E-state index contributed by atoms with van der Waals surface area (Å²) >= 11 is 0. The monoisotopic (exact) mass is 330 g/mol. The number of aliphatic hydroxyl groups is 1. The Morgan fingerprint density at radius 1 is 1.17 bits per heavy atom.